The number of hydrogen-bond acceptors (Lipinski definition) is 4. The van der Waals surface area contributed by atoms with Crippen LogP contribution >= 0.6 is 0 Å². The molecule has 0 unspecified atom stereocenters. The molecule has 0 aliphatic carbocycles. The smallest absolute Gasteiger partial charge is 0.263 e. The summed E-state index contributed by atoms with van der Waals surface area (Å²) in [5.41, 5.74) is 5.99. The molecule has 0 radical (unpaired) electrons. The topological polar surface area (TPSA) is 123 Å². The predicted octanol–water partition coefficient (Wildman–Crippen LogP) is 1.75. The Bertz CT molecular complexity index is 1160. The first-order chi connectivity index (χ1) is 15.0. The summed E-state index contributed by atoms with van der Waals surface area (Å²) in [7, 11) is 0. The number of carbonyl (C=O) groups excluding carboxylic acids is 3. The maximum absolute atomic E-state index is 12.8. The van der Waals surface area contributed by atoms with Crippen molar-refractivity contribution in [3.8, 4) is 0 Å². The Morgan fingerprint density at radius 1 is 0.839 bits per heavy atom. The van der Waals surface area contributed by atoms with Gasteiger partial charge in [0, 0.05) is 19.2 Å². The molecule has 2 aromatic carbocycles. The van der Waals surface area contributed by atoms with Crippen LogP contribution in [-0.4, -0.2) is 28.8 Å². The molecule has 31 heavy (non-hydrogen) atoms. The molecule has 3 rings (SSSR count). The SMILES string of the molecule is NC(=O)CCNC(=O)c1ccccc1NC(=O)c1cccn(Cc2ccccc2)c1=O. The number of primary amides is 1. The van der Waals surface area contributed by atoms with Crippen molar-refractivity contribution >= 4 is 23.4 Å². The molecule has 0 fully saturated rings. The van der Waals surface area contributed by atoms with Crippen LogP contribution in [0.4, 0.5) is 5.69 Å². The van der Waals surface area contributed by atoms with E-state index >= 15 is 0 Å². The zero-order valence-corrected chi connectivity index (χ0v) is 16.7. The Balaban J connectivity index is 1.78. The molecule has 0 atom stereocenters. The van der Waals surface area contributed by atoms with Gasteiger partial charge < -0.3 is 20.9 Å². The van der Waals surface area contributed by atoms with Crippen LogP contribution in [0.15, 0.2) is 77.7 Å². The standard InChI is InChI=1S/C23H22N4O4/c24-20(28)12-13-25-21(29)17-9-4-5-11-19(17)26-22(30)18-10-6-14-27(23(18)31)15-16-7-2-1-3-8-16/h1-11,14H,12-13,15H2,(H2,24,28)(H,25,29)(H,26,30). The van der Waals surface area contributed by atoms with Crippen LogP contribution in [0.5, 0.6) is 0 Å². The van der Waals surface area contributed by atoms with E-state index in [9.17, 15) is 19.2 Å². The van der Waals surface area contributed by atoms with E-state index < -0.39 is 23.3 Å². The average molecular weight is 418 g/mol. The van der Waals surface area contributed by atoms with Crippen LogP contribution in [0.1, 0.15) is 32.7 Å². The number of amides is 3. The first-order valence-electron chi connectivity index (χ1n) is 9.66. The second-order valence-corrected chi connectivity index (χ2v) is 6.81. The van der Waals surface area contributed by atoms with Gasteiger partial charge in [0.1, 0.15) is 5.56 Å². The maximum Gasteiger partial charge on any atom is 0.263 e. The number of anilines is 1. The Hall–Kier alpha value is -4.20. The molecule has 158 valence electrons. The minimum atomic E-state index is -0.621. The molecular formula is C23H22N4O4. The number of benzene rings is 2. The van der Waals surface area contributed by atoms with Crippen molar-refractivity contribution in [1.29, 1.82) is 0 Å². The van der Waals surface area contributed by atoms with Gasteiger partial charge in [0.15, 0.2) is 0 Å². The molecule has 0 aliphatic rings. The fourth-order valence-corrected chi connectivity index (χ4v) is 2.99. The number of pyridine rings is 1. The van der Waals surface area contributed by atoms with E-state index in [0.717, 1.165) is 5.56 Å². The molecule has 0 saturated heterocycles. The van der Waals surface area contributed by atoms with Crippen LogP contribution < -0.4 is 21.9 Å². The number of nitrogens with two attached hydrogens (primary N) is 1. The average Bonchev–Trinajstić information content (AvgIpc) is 2.76. The van der Waals surface area contributed by atoms with Gasteiger partial charge in [0.05, 0.1) is 17.8 Å². The van der Waals surface area contributed by atoms with E-state index in [1.807, 2.05) is 30.3 Å². The second kappa shape index (κ2) is 10.0. The normalized spacial score (nSPS) is 10.3. The monoisotopic (exact) mass is 418 g/mol. The van der Waals surface area contributed by atoms with Gasteiger partial charge in [0.25, 0.3) is 17.4 Å². The number of rotatable bonds is 8. The number of nitrogens with zero attached hydrogens (tertiary/aromatic N) is 1. The van der Waals surface area contributed by atoms with E-state index in [0.29, 0.717) is 6.54 Å². The molecule has 4 N–H and O–H groups in total. The quantitative estimate of drug-likeness (QED) is 0.516. The summed E-state index contributed by atoms with van der Waals surface area (Å²) < 4.78 is 1.45. The van der Waals surface area contributed by atoms with Crippen LogP contribution in [0.25, 0.3) is 0 Å². The zero-order chi connectivity index (χ0) is 22.2. The molecule has 0 aliphatic heterocycles. The molecule has 8 nitrogen and oxygen atoms in total. The van der Waals surface area contributed by atoms with Crippen molar-refractivity contribution in [1.82, 2.24) is 9.88 Å². The Morgan fingerprint density at radius 2 is 1.52 bits per heavy atom. The summed E-state index contributed by atoms with van der Waals surface area (Å²) in [6.07, 6.45) is 1.62. The lowest BCUT2D eigenvalue weighted by atomic mass is 10.1. The summed E-state index contributed by atoms with van der Waals surface area (Å²) in [6, 6.07) is 18.9. The Labute approximate surface area is 178 Å². The fraction of sp³-hybridized carbons (Fsp3) is 0.130. The molecule has 8 heteroatoms. The fourth-order valence-electron chi connectivity index (χ4n) is 2.99. The van der Waals surface area contributed by atoms with Crippen LogP contribution in [-0.2, 0) is 11.3 Å². The number of para-hydroxylation sites is 1. The largest absolute Gasteiger partial charge is 0.370 e. The van der Waals surface area contributed by atoms with Crippen molar-refractivity contribution in [3.05, 3.63) is 100.0 Å². The van der Waals surface area contributed by atoms with Crippen molar-refractivity contribution in [2.45, 2.75) is 13.0 Å². The summed E-state index contributed by atoms with van der Waals surface area (Å²) in [5.74, 6) is -1.62. The van der Waals surface area contributed by atoms with E-state index in [1.165, 1.54) is 16.7 Å². The predicted molar refractivity (Wildman–Crippen MR) is 117 cm³/mol. The summed E-state index contributed by atoms with van der Waals surface area (Å²) in [5, 5.41) is 5.21. The first-order valence-corrected chi connectivity index (χ1v) is 9.66. The van der Waals surface area contributed by atoms with Gasteiger partial charge in [0.2, 0.25) is 5.91 Å². The third-order valence-corrected chi connectivity index (χ3v) is 4.54. The Morgan fingerprint density at radius 3 is 2.26 bits per heavy atom. The van der Waals surface area contributed by atoms with Crippen LogP contribution in [0, 0.1) is 0 Å². The lowest BCUT2D eigenvalue weighted by Gasteiger charge is -2.12. The lowest BCUT2D eigenvalue weighted by molar-refractivity contribution is -0.117. The minimum Gasteiger partial charge on any atom is -0.370 e. The third-order valence-electron chi connectivity index (χ3n) is 4.54. The van der Waals surface area contributed by atoms with Gasteiger partial charge in [-0.1, -0.05) is 42.5 Å². The molecule has 0 saturated carbocycles. The van der Waals surface area contributed by atoms with E-state index in [1.54, 1.807) is 30.5 Å². The molecule has 0 bridgehead atoms. The van der Waals surface area contributed by atoms with Crippen LogP contribution in [0.2, 0.25) is 0 Å². The van der Waals surface area contributed by atoms with Gasteiger partial charge in [-0.05, 0) is 29.8 Å². The van der Waals surface area contributed by atoms with Gasteiger partial charge >= 0.3 is 0 Å². The van der Waals surface area contributed by atoms with Crippen LogP contribution in [0.3, 0.4) is 0 Å². The van der Waals surface area contributed by atoms with Gasteiger partial charge in [-0.3, -0.25) is 19.2 Å². The molecule has 1 heterocycles. The summed E-state index contributed by atoms with van der Waals surface area (Å²) >= 11 is 0. The van der Waals surface area contributed by atoms with Crippen molar-refractivity contribution in [2.24, 2.45) is 5.73 Å². The van der Waals surface area contributed by atoms with E-state index in [4.69, 9.17) is 5.73 Å². The van der Waals surface area contributed by atoms with E-state index in [2.05, 4.69) is 10.6 Å². The molecule has 1 aromatic heterocycles. The summed E-state index contributed by atoms with van der Waals surface area (Å²) in [4.78, 5) is 48.9. The highest BCUT2D eigenvalue weighted by molar-refractivity contribution is 6.08. The maximum atomic E-state index is 12.8. The molecule has 3 amide bonds. The number of aromatic nitrogens is 1. The van der Waals surface area contributed by atoms with Gasteiger partial charge in [-0.2, -0.15) is 0 Å². The van der Waals surface area contributed by atoms with Crippen molar-refractivity contribution in [3.63, 3.8) is 0 Å². The van der Waals surface area contributed by atoms with Gasteiger partial charge in [-0.25, -0.2) is 0 Å². The van der Waals surface area contributed by atoms with Crippen molar-refractivity contribution in [2.75, 3.05) is 11.9 Å². The van der Waals surface area contributed by atoms with Gasteiger partial charge in [-0.15, -0.1) is 0 Å². The second-order valence-electron chi connectivity index (χ2n) is 6.81. The number of hydrogen-bond donors (Lipinski definition) is 3. The molecule has 0 spiro atoms. The minimum absolute atomic E-state index is 0.00520. The molecule has 3 aromatic rings. The number of nitrogens with one attached hydrogen (secondary N) is 2. The zero-order valence-electron chi connectivity index (χ0n) is 16.7. The highest BCUT2D eigenvalue weighted by Crippen LogP contribution is 2.16. The van der Waals surface area contributed by atoms with E-state index in [-0.39, 0.29) is 29.8 Å². The molecular weight excluding hydrogens is 396 g/mol. The lowest BCUT2D eigenvalue weighted by Crippen LogP contribution is -2.31. The van der Waals surface area contributed by atoms with Crippen molar-refractivity contribution < 1.29 is 14.4 Å². The highest BCUT2D eigenvalue weighted by atomic mass is 16.2. The third kappa shape index (κ3) is 5.66. The number of carbonyl (C=O) groups is 3. The highest BCUT2D eigenvalue weighted by Gasteiger charge is 2.17. The first kappa shape index (κ1) is 21.5. The summed E-state index contributed by atoms with van der Waals surface area (Å²) in [6.45, 7) is 0.416. The Kier molecular flexibility index (Phi) is 6.95.